The van der Waals surface area contributed by atoms with E-state index in [1.807, 2.05) is 30.3 Å². The van der Waals surface area contributed by atoms with Gasteiger partial charge < -0.3 is 14.7 Å². The average molecular weight is 391 g/mol. The van der Waals surface area contributed by atoms with Gasteiger partial charge in [-0.15, -0.1) is 0 Å². The van der Waals surface area contributed by atoms with Crippen LogP contribution < -0.4 is 0 Å². The van der Waals surface area contributed by atoms with Gasteiger partial charge in [-0.1, -0.05) is 42.5 Å². The van der Waals surface area contributed by atoms with Gasteiger partial charge in [0.25, 0.3) is 5.91 Å². The summed E-state index contributed by atoms with van der Waals surface area (Å²) in [7, 11) is 1.28. The molecule has 0 radical (unpaired) electrons. The summed E-state index contributed by atoms with van der Waals surface area (Å²) in [6, 6.07) is 15.9. The van der Waals surface area contributed by atoms with Gasteiger partial charge in [-0.25, -0.2) is 9.59 Å². The number of rotatable bonds is 6. The summed E-state index contributed by atoms with van der Waals surface area (Å²) in [4.78, 5) is 38.0. The fourth-order valence-corrected chi connectivity index (χ4v) is 3.27. The molecule has 0 bridgehead atoms. The molecule has 0 fully saturated rings. The molecule has 29 heavy (non-hydrogen) atoms. The number of hydrogen-bond acceptors (Lipinski definition) is 4. The first-order valence-corrected chi connectivity index (χ1v) is 9.12. The standard InChI is InChI=1S/C23H21NO5/c1-15-20(23(28)29-2)19(14-17-8-10-18(11-9-17)22(26)27)21(25)24(15)13-12-16-6-4-3-5-7-16/h3-11,14H,12-13H2,1-2H3,(H,26,27). The van der Waals surface area contributed by atoms with E-state index >= 15 is 0 Å². The lowest BCUT2D eigenvalue weighted by atomic mass is 10.0. The zero-order valence-electron chi connectivity index (χ0n) is 16.2. The Kier molecular flexibility index (Phi) is 5.93. The minimum atomic E-state index is -1.03. The first-order chi connectivity index (χ1) is 13.9. The van der Waals surface area contributed by atoms with Gasteiger partial charge in [0.1, 0.15) is 0 Å². The van der Waals surface area contributed by atoms with E-state index < -0.39 is 11.9 Å². The molecule has 0 aliphatic carbocycles. The van der Waals surface area contributed by atoms with E-state index in [1.165, 1.54) is 19.2 Å². The third-order valence-electron chi connectivity index (χ3n) is 4.84. The number of benzene rings is 2. The summed E-state index contributed by atoms with van der Waals surface area (Å²) < 4.78 is 4.89. The molecule has 0 unspecified atom stereocenters. The Labute approximate surface area is 168 Å². The quantitative estimate of drug-likeness (QED) is 0.603. The van der Waals surface area contributed by atoms with Crippen molar-refractivity contribution in [1.29, 1.82) is 0 Å². The van der Waals surface area contributed by atoms with Crippen molar-refractivity contribution < 1.29 is 24.2 Å². The second-order valence-corrected chi connectivity index (χ2v) is 6.63. The molecule has 0 saturated heterocycles. The van der Waals surface area contributed by atoms with Crippen molar-refractivity contribution in [1.82, 2.24) is 4.90 Å². The van der Waals surface area contributed by atoms with Crippen molar-refractivity contribution in [2.45, 2.75) is 13.3 Å². The highest BCUT2D eigenvalue weighted by Crippen LogP contribution is 2.31. The second kappa shape index (κ2) is 8.56. The zero-order chi connectivity index (χ0) is 21.0. The SMILES string of the molecule is COC(=O)C1=C(C)N(CCc2ccccc2)C(=O)C1=Cc1ccc(C(=O)O)cc1. The summed E-state index contributed by atoms with van der Waals surface area (Å²) in [5, 5.41) is 9.03. The molecule has 1 aliphatic rings. The summed E-state index contributed by atoms with van der Waals surface area (Å²) in [5.74, 6) is -1.88. The monoisotopic (exact) mass is 391 g/mol. The second-order valence-electron chi connectivity index (χ2n) is 6.63. The Balaban J connectivity index is 1.92. The number of allylic oxidation sites excluding steroid dienone is 1. The van der Waals surface area contributed by atoms with Crippen LogP contribution in [0.2, 0.25) is 0 Å². The molecule has 2 aromatic carbocycles. The minimum absolute atomic E-state index is 0.148. The number of hydrogen-bond donors (Lipinski definition) is 1. The lowest BCUT2D eigenvalue weighted by Gasteiger charge is -2.17. The van der Waals surface area contributed by atoms with E-state index in [1.54, 1.807) is 30.0 Å². The van der Waals surface area contributed by atoms with Crippen LogP contribution in [-0.2, 0) is 20.7 Å². The van der Waals surface area contributed by atoms with Gasteiger partial charge in [0.15, 0.2) is 0 Å². The van der Waals surface area contributed by atoms with E-state index in [9.17, 15) is 14.4 Å². The van der Waals surface area contributed by atoms with E-state index in [-0.39, 0.29) is 22.6 Å². The number of ether oxygens (including phenoxy) is 1. The summed E-state index contributed by atoms with van der Waals surface area (Å²) >= 11 is 0. The van der Waals surface area contributed by atoms with Gasteiger partial charge in [0.2, 0.25) is 0 Å². The van der Waals surface area contributed by atoms with Gasteiger partial charge in [0, 0.05) is 12.2 Å². The third-order valence-corrected chi connectivity index (χ3v) is 4.84. The Morgan fingerprint density at radius 3 is 2.31 bits per heavy atom. The van der Waals surface area contributed by atoms with Crippen LogP contribution in [0.1, 0.15) is 28.4 Å². The molecule has 0 saturated carbocycles. The molecule has 148 valence electrons. The molecule has 6 nitrogen and oxygen atoms in total. The lowest BCUT2D eigenvalue weighted by molar-refractivity contribution is -0.136. The van der Waals surface area contributed by atoms with Crippen LogP contribution in [0.25, 0.3) is 6.08 Å². The molecule has 0 aromatic heterocycles. The number of aromatic carboxylic acids is 1. The predicted octanol–water partition coefficient (Wildman–Crippen LogP) is 3.30. The molecule has 1 amide bonds. The van der Waals surface area contributed by atoms with Gasteiger partial charge in [-0.2, -0.15) is 0 Å². The molecule has 0 spiro atoms. The van der Waals surface area contributed by atoms with Crippen LogP contribution in [0.5, 0.6) is 0 Å². The maximum Gasteiger partial charge on any atom is 0.340 e. The van der Waals surface area contributed by atoms with Crippen LogP contribution in [0.3, 0.4) is 0 Å². The first kappa shape index (κ1) is 20.1. The molecular weight excluding hydrogens is 370 g/mol. The van der Waals surface area contributed by atoms with Crippen molar-refractivity contribution in [2.75, 3.05) is 13.7 Å². The normalized spacial score (nSPS) is 15.2. The lowest BCUT2D eigenvalue weighted by Crippen LogP contribution is -2.27. The number of carboxylic acid groups (broad SMARTS) is 1. The number of nitrogens with zero attached hydrogens (tertiary/aromatic N) is 1. The van der Waals surface area contributed by atoms with E-state index in [0.29, 0.717) is 24.2 Å². The fraction of sp³-hybridized carbons (Fsp3) is 0.174. The highest BCUT2D eigenvalue weighted by atomic mass is 16.5. The molecule has 1 heterocycles. The fourth-order valence-electron chi connectivity index (χ4n) is 3.27. The van der Waals surface area contributed by atoms with Crippen molar-refractivity contribution >= 4 is 23.9 Å². The van der Waals surface area contributed by atoms with Crippen LogP contribution >= 0.6 is 0 Å². The van der Waals surface area contributed by atoms with Gasteiger partial charge >= 0.3 is 11.9 Å². The number of carbonyl (C=O) groups is 3. The van der Waals surface area contributed by atoms with Crippen LogP contribution in [-0.4, -0.2) is 41.5 Å². The zero-order valence-corrected chi connectivity index (χ0v) is 16.2. The Hall–Kier alpha value is -3.67. The maximum atomic E-state index is 13.1. The van der Waals surface area contributed by atoms with Crippen LogP contribution in [0, 0.1) is 0 Å². The molecular formula is C23H21NO5. The largest absolute Gasteiger partial charge is 0.478 e. The molecule has 3 rings (SSSR count). The number of esters is 1. The first-order valence-electron chi connectivity index (χ1n) is 9.12. The van der Waals surface area contributed by atoms with E-state index in [4.69, 9.17) is 9.84 Å². The minimum Gasteiger partial charge on any atom is -0.478 e. The van der Waals surface area contributed by atoms with Crippen LogP contribution in [0.4, 0.5) is 0 Å². The smallest absolute Gasteiger partial charge is 0.340 e. The Bertz CT molecular complexity index is 1000. The highest BCUT2D eigenvalue weighted by molar-refractivity contribution is 6.16. The van der Waals surface area contributed by atoms with Crippen molar-refractivity contribution in [3.63, 3.8) is 0 Å². The van der Waals surface area contributed by atoms with Crippen molar-refractivity contribution in [3.05, 3.63) is 88.1 Å². The topological polar surface area (TPSA) is 83.9 Å². The van der Waals surface area contributed by atoms with E-state index in [2.05, 4.69) is 0 Å². The van der Waals surface area contributed by atoms with Crippen molar-refractivity contribution in [2.24, 2.45) is 0 Å². The molecule has 1 N–H and O–H groups in total. The molecule has 1 aliphatic heterocycles. The van der Waals surface area contributed by atoms with Crippen LogP contribution in [0.15, 0.2) is 71.4 Å². The number of methoxy groups -OCH3 is 1. The van der Waals surface area contributed by atoms with E-state index in [0.717, 1.165) is 5.56 Å². The predicted molar refractivity (Wildman–Crippen MR) is 108 cm³/mol. The molecule has 2 aromatic rings. The maximum absolute atomic E-state index is 13.1. The van der Waals surface area contributed by atoms with Gasteiger partial charge in [-0.3, -0.25) is 4.79 Å². The third kappa shape index (κ3) is 4.27. The summed E-state index contributed by atoms with van der Waals surface area (Å²) in [5.41, 5.74) is 2.88. The van der Waals surface area contributed by atoms with Gasteiger partial charge in [0.05, 0.1) is 23.8 Å². The highest BCUT2D eigenvalue weighted by Gasteiger charge is 2.36. The Morgan fingerprint density at radius 1 is 1.07 bits per heavy atom. The number of amides is 1. The van der Waals surface area contributed by atoms with Gasteiger partial charge in [-0.05, 0) is 42.7 Å². The molecule has 0 atom stereocenters. The number of carbonyl (C=O) groups excluding carboxylic acids is 2. The average Bonchev–Trinajstić information content (AvgIpc) is 2.96. The molecule has 6 heteroatoms. The van der Waals surface area contributed by atoms with Crippen molar-refractivity contribution in [3.8, 4) is 0 Å². The summed E-state index contributed by atoms with van der Waals surface area (Å²) in [6.45, 7) is 2.16. The number of carboxylic acids is 1. The Morgan fingerprint density at radius 2 is 1.72 bits per heavy atom. The summed E-state index contributed by atoms with van der Waals surface area (Å²) in [6.07, 6.45) is 2.24.